The molecule has 0 saturated carbocycles. The topological polar surface area (TPSA) is 29.1 Å². The molecule has 0 fully saturated rings. The van der Waals surface area contributed by atoms with E-state index in [0.29, 0.717) is 18.2 Å². The highest BCUT2D eigenvalue weighted by atomic mass is 19.3. The Kier molecular flexibility index (Phi) is 3.88. The summed E-state index contributed by atoms with van der Waals surface area (Å²) in [5.41, 5.74) is -0.834. The Morgan fingerprint density at radius 3 is 2.29 bits per heavy atom. The lowest BCUT2D eigenvalue weighted by molar-refractivity contribution is -0.118. The SMILES string of the molecule is C=CC(=O)NCC(F)(F)c1cc(F)cc(F)c1. The highest BCUT2D eigenvalue weighted by Gasteiger charge is 2.32. The average Bonchev–Trinajstić information content (AvgIpc) is 2.24. The largest absolute Gasteiger partial charge is 0.346 e. The van der Waals surface area contributed by atoms with Crippen LogP contribution in [0.3, 0.4) is 0 Å². The average molecular weight is 247 g/mol. The van der Waals surface area contributed by atoms with Crippen LogP contribution in [0.25, 0.3) is 0 Å². The predicted octanol–water partition coefficient (Wildman–Crippen LogP) is 2.36. The van der Waals surface area contributed by atoms with Crippen molar-refractivity contribution in [3.8, 4) is 0 Å². The van der Waals surface area contributed by atoms with Gasteiger partial charge in [0.2, 0.25) is 5.91 Å². The first-order chi connectivity index (χ1) is 7.85. The molecule has 0 aromatic heterocycles. The van der Waals surface area contributed by atoms with E-state index in [0.717, 1.165) is 6.08 Å². The molecule has 17 heavy (non-hydrogen) atoms. The Balaban J connectivity index is 2.88. The summed E-state index contributed by atoms with van der Waals surface area (Å²) in [6, 6.07) is 1.52. The smallest absolute Gasteiger partial charge is 0.290 e. The van der Waals surface area contributed by atoms with E-state index >= 15 is 0 Å². The van der Waals surface area contributed by atoms with Crippen molar-refractivity contribution in [1.29, 1.82) is 0 Å². The highest BCUT2D eigenvalue weighted by Crippen LogP contribution is 2.28. The summed E-state index contributed by atoms with van der Waals surface area (Å²) in [4.78, 5) is 10.7. The van der Waals surface area contributed by atoms with Gasteiger partial charge in [-0.1, -0.05) is 6.58 Å². The van der Waals surface area contributed by atoms with Crippen molar-refractivity contribution in [3.63, 3.8) is 0 Å². The molecule has 0 radical (unpaired) electrons. The van der Waals surface area contributed by atoms with Crippen LogP contribution in [0.15, 0.2) is 30.9 Å². The number of carbonyl (C=O) groups is 1. The number of amides is 1. The number of hydrogen-bond donors (Lipinski definition) is 1. The molecule has 2 nitrogen and oxygen atoms in total. The van der Waals surface area contributed by atoms with Crippen LogP contribution >= 0.6 is 0 Å². The zero-order valence-corrected chi connectivity index (χ0v) is 8.64. The highest BCUT2D eigenvalue weighted by molar-refractivity contribution is 5.86. The predicted molar refractivity (Wildman–Crippen MR) is 53.5 cm³/mol. The molecule has 0 unspecified atom stereocenters. The van der Waals surface area contributed by atoms with Gasteiger partial charge in [-0.05, 0) is 18.2 Å². The number of hydrogen-bond acceptors (Lipinski definition) is 1. The molecule has 1 amide bonds. The standard InChI is InChI=1S/C11H9F4NO/c1-2-10(17)16-6-11(14,15)7-3-8(12)5-9(13)4-7/h2-5H,1,6H2,(H,16,17). The Morgan fingerprint density at radius 1 is 1.29 bits per heavy atom. The summed E-state index contributed by atoms with van der Waals surface area (Å²) in [6.07, 6.45) is 0.822. The number of alkyl halides is 2. The van der Waals surface area contributed by atoms with Gasteiger partial charge in [0.05, 0.1) is 6.54 Å². The van der Waals surface area contributed by atoms with Gasteiger partial charge in [0.1, 0.15) is 11.6 Å². The van der Waals surface area contributed by atoms with Crippen molar-refractivity contribution in [2.75, 3.05) is 6.54 Å². The van der Waals surface area contributed by atoms with Crippen molar-refractivity contribution in [1.82, 2.24) is 5.32 Å². The molecule has 0 aliphatic carbocycles. The number of rotatable bonds is 4. The molecule has 0 heterocycles. The molecule has 0 spiro atoms. The van der Waals surface area contributed by atoms with Gasteiger partial charge in [-0.25, -0.2) is 8.78 Å². The fourth-order valence-electron chi connectivity index (χ4n) is 1.14. The second-order valence-corrected chi connectivity index (χ2v) is 3.28. The zero-order valence-electron chi connectivity index (χ0n) is 8.64. The van der Waals surface area contributed by atoms with E-state index in [2.05, 4.69) is 6.58 Å². The van der Waals surface area contributed by atoms with Gasteiger partial charge >= 0.3 is 0 Å². The Labute approximate surface area is 94.9 Å². The molecule has 0 aliphatic heterocycles. The molecular formula is C11H9F4NO. The first-order valence-corrected chi connectivity index (χ1v) is 4.60. The normalized spacial score (nSPS) is 11.1. The van der Waals surface area contributed by atoms with E-state index in [9.17, 15) is 22.4 Å². The van der Waals surface area contributed by atoms with E-state index in [1.807, 2.05) is 5.32 Å². The summed E-state index contributed by atoms with van der Waals surface area (Å²) in [7, 11) is 0. The minimum Gasteiger partial charge on any atom is -0.346 e. The lowest BCUT2D eigenvalue weighted by Gasteiger charge is -2.17. The fraction of sp³-hybridized carbons (Fsp3) is 0.182. The van der Waals surface area contributed by atoms with E-state index in [-0.39, 0.29) is 0 Å². The Hall–Kier alpha value is -1.85. The molecule has 1 rings (SSSR count). The van der Waals surface area contributed by atoms with Crippen molar-refractivity contribution in [2.45, 2.75) is 5.92 Å². The molecule has 0 aliphatic rings. The van der Waals surface area contributed by atoms with Crippen LogP contribution in [-0.2, 0) is 10.7 Å². The molecule has 1 N–H and O–H groups in total. The number of nitrogens with one attached hydrogen (secondary N) is 1. The Bertz CT molecular complexity index is 425. The van der Waals surface area contributed by atoms with E-state index in [1.165, 1.54) is 0 Å². The van der Waals surface area contributed by atoms with Gasteiger partial charge in [-0.2, -0.15) is 8.78 Å². The number of carbonyl (C=O) groups excluding carboxylic acids is 1. The monoisotopic (exact) mass is 247 g/mol. The van der Waals surface area contributed by atoms with Crippen molar-refractivity contribution < 1.29 is 22.4 Å². The minimum atomic E-state index is -3.55. The third kappa shape index (κ3) is 3.58. The van der Waals surface area contributed by atoms with E-state index < -0.39 is 35.6 Å². The quantitative estimate of drug-likeness (QED) is 0.642. The van der Waals surface area contributed by atoms with Crippen LogP contribution in [0.5, 0.6) is 0 Å². The first-order valence-electron chi connectivity index (χ1n) is 4.60. The third-order valence-corrected chi connectivity index (χ3v) is 1.95. The Morgan fingerprint density at radius 2 is 1.82 bits per heavy atom. The maximum absolute atomic E-state index is 13.4. The summed E-state index contributed by atoms with van der Waals surface area (Å²) in [5.74, 6) is -6.55. The summed E-state index contributed by atoms with van der Waals surface area (Å²) < 4.78 is 52.4. The summed E-state index contributed by atoms with van der Waals surface area (Å²) in [6.45, 7) is 2.03. The molecular weight excluding hydrogens is 238 g/mol. The van der Waals surface area contributed by atoms with Gasteiger partial charge < -0.3 is 5.32 Å². The van der Waals surface area contributed by atoms with E-state index in [1.54, 1.807) is 0 Å². The molecule has 0 saturated heterocycles. The molecule has 0 atom stereocenters. The lowest BCUT2D eigenvalue weighted by atomic mass is 10.1. The van der Waals surface area contributed by atoms with Gasteiger partial charge in [0, 0.05) is 11.6 Å². The van der Waals surface area contributed by atoms with Gasteiger partial charge in [-0.15, -0.1) is 0 Å². The summed E-state index contributed by atoms with van der Waals surface area (Å²) >= 11 is 0. The van der Waals surface area contributed by atoms with Crippen molar-refractivity contribution in [3.05, 3.63) is 48.1 Å². The molecule has 1 aromatic rings. The zero-order chi connectivity index (χ0) is 13.1. The molecule has 0 bridgehead atoms. The fourth-order valence-corrected chi connectivity index (χ4v) is 1.14. The van der Waals surface area contributed by atoms with Gasteiger partial charge in [0.25, 0.3) is 5.92 Å². The van der Waals surface area contributed by atoms with Crippen LogP contribution in [0, 0.1) is 11.6 Å². The molecule has 92 valence electrons. The van der Waals surface area contributed by atoms with Gasteiger partial charge in [-0.3, -0.25) is 4.79 Å². The van der Waals surface area contributed by atoms with Crippen LogP contribution in [0.4, 0.5) is 17.6 Å². The third-order valence-electron chi connectivity index (χ3n) is 1.95. The number of halogens is 4. The maximum atomic E-state index is 13.4. The molecule has 1 aromatic carbocycles. The van der Waals surface area contributed by atoms with Gasteiger partial charge in [0.15, 0.2) is 0 Å². The second kappa shape index (κ2) is 4.99. The number of benzene rings is 1. The lowest BCUT2D eigenvalue weighted by Crippen LogP contribution is -2.34. The summed E-state index contributed by atoms with van der Waals surface area (Å²) in [5, 5.41) is 1.86. The maximum Gasteiger partial charge on any atom is 0.290 e. The van der Waals surface area contributed by atoms with Crippen LogP contribution in [0.1, 0.15) is 5.56 Å². The van der Waals surface area contributed by atoms with Crippen LogP contribution in [-0.4, -0.2) is 12.5 Å². The first kappa shape index (κ1) is 13.2. The van der Waals surface area contributed by atoms with Crippen LogP contribution in [0.2, 0.25) is 0 Å². The van der Waals surface area contributed by atoms with Crippen molar-refractivity contribution in [2.24, 2.45) is 0 Å². The molecule has 6 heteroatoms. The second-order valence-electron chi connectivity index (χ2n) is 3.28. The van der Waals surface area contributed by atoms with E-state index in [4.69, 9.17) is 0 Å². The minimum absolute atomic E-state index is 0.488. The van der Waals surface area contributed by atoms with Crippen LogP contribution < -0.4 is 5.32 Å². The van der Waals surface area contributed by atoms with Crippen molar-refractivity contribution >= 4 is 5.91 Å².